The molecule has 0 saturated heterocycles. The lowest BCUT2D eigenvalue weighted by Gasteiger charge is -2.03. The Kier molecular flexibility index (Phi) is 1.42. The zero-order valence-corrected chi connectivity index (χ0v) is 5.36. The van der Waals surface area contributed by atoms with E-state index in [0.29, 0.717) is 5.92 Å². The van der Waals surface area contributed by atoms with Crippen molar-refractivity contribution in [1.29, 1.82) is 0 Å². The molecule has 0 amide bonds. The predicted octanol–water partition coefficient (Wildman–Crippen LogP) is 0.634. The van der Waals surface area contributed by atoms with Gasteiger partial charge in [0.15, 0.2) is 0 Å². The van der Waals surface area contributed by atoms with Crippen LogP contribution in [0.5, 0.6) is 0 Å². The molecule has 0 aromatic heterocycles. The van der Waals surface area contributed by atoms with Gasteiger partial charge in [-0.25, -0.2) is 0 Å². The molecule has 1 heterocycles. The monoisotopic (exact) mass is 112 g/mol. The Morgan fingerprint density at radius 3 is 2.62 bits per heavy atom. The molecule has 0 bridgehead atoms. The van der Waals surface area contributed by atoms with E-state index in [9.17, 15) is 0 Å². The molecule has 8 heavy (non-hydrogen) atoms. The highest BCUT2D eigenvalue weighted by Crippen LogP contribution is 2.05. The van der Waals surface area contributed by atoms with Crippen LogP contribution in [0.15, 0.2) is 11.9 Å². The van der Waals surface area contributed by atoms with Gasteiger partial charge in [-0.05, 0) is 5.92 Å². The number of allylic oxidation sites excluding steroid dienone is 1. The first-order chi connectivity index (χ1) is 3.80. The van der Waals surface area contributed by atoms with E-state index in [4.69, 9.17) is 0 Å². The van der Waals surface area contributed by atoms with E-state index >= 15 is 0 Å². The molecule has 2 nitrogen and oxygen atoms in total. The lowest BCUT2D eigenvalue weighted by Crippen LogP contribution is -2.16. The number of hydrogen-bond acceptors (Lipinski definition) is 2. The van der Waals surface area contributed by atoms with Gasteiger partial charge in [0.25, 0.3) is 0 Å². The molecule has 1 rings (SSSR count). The maximum absolute atomic E-state index is 3.21. The summed E-state index contributed by atoms with van der Waals surface area (Å²) in [5.74, 6) is 0.630. The van der Waals surface area contributed by atoms with Gasteiger partial charge in [0, 0.05) is 11.9 Å². The molecule has 1 aliphatic rings. The first-order valence-electron chi connectivity index (χ1n) is 2.98. The molecule has 0 spiro atoms. The highest BCUT2D eigenvalue weighted by atomic mass is 15.1. The van der Waals surface area contributed by atoms with Gasteiger partial charge in [-0.15, -0.1) is 0 Å². The van der Waals surface area contributed by atoms with Gasteiger partial charge < -0.3 is 10.6 Å². The van der Waals surface area contributed by atoms with Crippen molar-refractivity contribution in [2.45, 2.75) is 13.8 Å². The van der Waals surface area contributed by atoms with E-state index in [1.807, 2.05) is 6.20 Å². The van der Waals surface area contributed by atoms with Crippen molar-refractivity contribution in [1.82, 2.24) is 10.6 Å². The Labute approximate surface area is 50.0 Å². The second kappa shape index (κ2) is 2.07. The molecule has 2 heteroatoms. The molecule has 0 aromatic rings. The third kappa shape index (κ3) is 0.941. The second-order valence-corrected chi connectivity index (χ2v) is 2.31. The molecule has 0 radical (unpaired) electrons. The van der Waals surface area contributed by atoms with Gasteiger partial charge in [0.2, 0.25) is 0 Å². The maximum atomic E-state index is 3.21. The van der Waals surface area contributed by atoms with Gasteiger partial charge in [0.1, 0.15) is 0 Å². The summed E-state index contributed by atoms with van der Waals surface area (Å²) in [4.78, 5) is 0. The lowest BCUT2D eigenvalue weighted by molar-refractivity contribution is 0.684. The maximum Gasteiger partial charge on any atom is 0.0843 e. The Hall–Kier alpha value is -0.660. The average molecular weight is 112 g/mol. The molecule has 0 saturated carbocycles. The summed E-state index contributed by atoms with van der Waals surface area (Å²) in [6.45, 7) is 5.24. The van der Waals surface area contributed by atoms with Crippen LogP contribution >= 0.6 is 0 Å². The summed E-state index contributed by atoms with van der Waals surface area (Å²) in [5.41, 5.74) is 1.31. The van der Waals surface area contributed by atoms with Gasteiger partial charge in [-0.3, -0.25) is 0 Å². The van der Waals surface area contributed by atoms with Crippen LogP contribution in [-0.4, -0.2) is 6.67 Å². The van der Waals surface area contributed by atoms with E-state index < -0.39 is 0 Å². The van der Waals surface area contributed by atoms with Crippen LogP contribution in [0.25, 0.3) is 0 Å². The molecular formula is C6H12N2. The summed E-state index contributed by atoms with van der Waals surface area (Å²) in [5, 5.41) is 6.29. The van der Waals surface area contributed by atoms with Gasteiger partial charge >= 0.3 is 0 Å². The summed E-state index contributed by atoms with van der Waals surface area (Å²) >= 11 is 0. The quantitative estimate of drug-likeness (QED) is 0.520. The lowest BCUT2D eigenvalue weighted by atomic mass is 10.2. The standard InChI is InChI=1S/C6H12N2/c1-5(2)6-3-7-4-8-6/h3,5,7-8H,4H2,1-2H3. The molecule has 1 aliphatic heterocycles. The summed E-state index contributed by atoms with van der Waals surface area (Å²) in [6, 6.07) is 0. The molecule has 2 N–H and O–H groups in total. The minimum atomic E-state index is 0.630. The van der Waals surface area contributed by atoms with Crippen molar-refractivity contribution in [2.75, 3.05) is 6.67 Å². The Morgan fingerprint density at radius 1 is 1.62 bits per heavy atom. The van der Waals surface area contributed by atoms with Crippen LogP contribution in [0.4, 0.5) is 0 Å². The van der Waals surface area contributed by atoms with Gasteiger partial charge in [0.05, 0.1) is 6.67 Å². The van der Waals surface area contributed by atoms with Crippen molar-refractivity contribution < 1.29 is 0 Å². The first kappa shape index (κ1) is 5.48. The zero-order chi connectivity index (χ0) is 5.98. The third-order valence-corrected chi connectivity index (χ3v) is 1.27. The number of nitrogens with one attached hydrogen (secondary N) is 2. The Balaban J connectivity index is 2.45. The molecule has 0 aromatic carbocycles. The number of rotatable bonds is 1. The largest absolute Gasteiger partial charge is 0.372 e. The van der Waals surface area contributed by atoms with Crippen LogP contribution in [0, 0.1) is 5.92 Å². The van der Waals surface area contributed by atoms with E-state index in [2.05, 4.69) is 24.5 Å². The summed E-state index contributed by atoms with van der Waals surface area (Å²) in [7, 11) is 0. The topological polar surface area (TPSA) is 24.1 Å². The SMILES string of the molecule is CC(C)C1=CNCN1. The normalized spacial score (nSPS) is 17.6. The Bertz CT molecular complexity index is 105. The zero-order valence-electron chi connectivity index (χ0n) is 5.36. The fourth-order valence-corrected chi connectivity index (χ4v) is 0.736. The number of hydrogen-bond donors (Lipinski definition) is 2. The predicted molar refractivity (Wildman–Crippen MR) is 34.1 cm³/mol. The minimum Gasteiger partial charge on any atom is -0.372 e. The molecule has 0 atom stereocenters. The highest BCUT2D eigenvalue weighted by molar-refractivity contribution is 5.05. The fourth-order valence-electron chi connectivity index (χ4n) is 0.736. The molecule has 0 aliphatic carbocycles. The van der Waals surface area contributed by atoms with E-state index in [1.165, 1.54) is 5.70 Å². The van der Waals surface area contributed by atoms with E-state index in [0.717, 1.165) is 6.67 Å². The summed E-state index contributed by atoms with van der Waals surface area (Å²) in [6.07, 6.45) is 2.03. The van der Waals surface area contributed by atoms with Crippen LogP contribution in [0.1, 0.15) is 13.8 Å². The van der Waals surface area contributed by atoms with Crippen LogP contribution in [0.3, 0.4) is 0 Å². The summed E-state index contributed by atoms with van der Waals surface area (Å²) < 4.78 is 0. The average Bonchev–Trinajstić information content (AvgIpc) is 2.12. The molecule has 0 fully saturated rings. The van der Waals surface area contributed by atoms with Crippen molar-refractivity contribution in [2.24, 2.45) is 5.92 Å². The van der Waals surface area contributed by atoms with Crippen LogP contribution in [0.2, 0.25) is 0 Å². The third-order valence-electron chi connectivity index (χ3n) is 1.27. The van der Waals surface area contributed by atoms with Crippen LogP contribution in [-0.2, 0) is 0 Å². The van der Waals surface area contributed by atoms with Gasteiger partial charge in [-0.2, -0.15) is 0 Å². The van der Waals surface area contributed by atoms with Crippen molar-refractivity contribution in [3.63, 3.8) is 0 Å². The fraction of sp³-hybridized carbons (Fsp3) is 0.667. The van der Waals surface area contributed by atoms with Crippen LogP contribution < -0.4 is 10.6 Å². The minimum absolute atomic E-state index is 0.630. The van der Waals surface area contributed by atoms with Gasteiger partial charge in [-0.1, -0.05) is 13.8 Å². The second-order valence-electron chi connectivity index (χ2n) is 2.31. The van der Waals surface area contributed by atoms with Crippen molar-refractivity contribution in [3.8, 4) is 0 Å². The Morgan fingerprint density at radius 2 is 2.38 bits per heavy atom. The van der Waals surface area contributed by atoms with E-state index in [1.54, 1.807) is 0 Å². The first-order valence-corrected chi connectivity index (χ1v) is 2.98. The molecular weight excluding hydrogens is 100 g/mol. The molecule has 0 unspecified atom stereocenters. The van der Waals surface area contributed by atoms with Crippen molar-refractivity contribution >= 4 is 0 Å². The van der Waals surface area contributed by atoms with Crippen molar-refractivity contribution in [3.05, 3.63) is 11.9 Å². The molecule has 46 valence electrons. The van der Waals surface area contributed by atoms with E-state index in [-0.39, 0.29) is 0 Å². The smallest absolute Gasteiger partial charge is 0.0843 e. The highest BCUT2D eigenvalue weighted by Gasteiger charge is 2.04.